The van der Waals surface area contributed by atoms with E-state index in [1.807, 2.05) is 0 Å². The molecule has 0 atom stereocenters. The second kappa shape index (κ2) is 7.30. The van der Waals surface area contributed by atoms with E-state index >= 15 is 0 Å². The van der Waals surface area contributed by atoms with Gasteiger partial charge in [-0.1, -0.05) is 6.07 Å². The van der Waals surface area contributed by atoms with E-state index in [1.165, 1.54) is 0 Å². The lowest BCUT2D eigenvalue weighted by Gasteiger charge is -2.18. The quantitative estimate of drug-likeness (QED) is 0.326. The molecule has 0 fully saturated rings. The third-order valence-corrected chi connectivity index (χ3v) is 5.52. The minimum absolute atomic E-state index is 0.0749. The van der Waals surface area contributed by atoms with Crippen molar-refractivity contribution in [1.82, 2.24) is 0 Å². The van der Waals surface area contributed by atoms with Crippen molar-refractivity contribution in [3.05, 3.63) is 33.9 Å². The Morgan fingerprint density at radius 3 is 2.23 bits per heavy atom. The number of hydrogen-bond acceptors (Lipinski definition) is 7. The molecule has 1 aromatic rings. The molecule has 0 aliphatic carbocycles. The standard InChI is InChI=1S/C11H16NO8PS/c1-3-19-21(15,20-4-2)8-9-5-6-10(12(13)14)7-11(9)22(16,17)18/h5-7H,3-4,8H2,1-2H3,(H,16,17,18). The van der Waals surface area contributed by atoms with E-state index in [1.54, 1.807) is 13.8 Å². The number of non-ortho nitro benzene ring substituents is 1. The van der Waals surface area contributed by atoms with Crippen molar-refractivity contribution in [2.75, 3.05) is 13.2 Å². The molecule has 0 spiro atoms. The van der Waals surface area contributed by atoms with Crippen LogP contribution in [-0.2, 0) is 29.9 Å². The van der Waals surface area contributed by atoms with Gasteiger partial charge in [-0.2, -0.15) is 8.42 Å². The number of rotatable bonds is 8. The third-order valence-electron chi connectivity index (χ3n) is 2.56. The fraction of sp³-hybridized carbons (Fsp3) is 0.455. The maximum Gasteiger partial charge on any atom is 0.335 e. The Morgan fingerprint density at radius 2 is 1.82 bits per heavy atom. The normalized spacial score (nSPS) is 12.3. The largest absolute Gasteiger partial charge is 0.335 e. The molecule has 1 aromatic carbocycles. The highest BCUT2D eigenvalue weighted by Crippen LogP contribution is 2.52. The van der Waals surface area contributed by atoms with Crippen molar-refractivity contribution in [2.45, 2.75) is 24.9 Å². The molecule has 0 saturated carbocycles. The van der Waals surface area contributed by atoms with Crippen LogP contribution in [0.1, 0.15) is 19.4 Å². The highest BCUT2D eigenvalue weighted by atomic mass is 32.2. The van der Waals surface area contributed by atoms with E-state index in [0.717, 1.165) is 12.1 Å². The van der Waals surface area contributed by atoms with Gasteiger partial charge in [0.1, 0.15) is 4.90 Å². The van der Waals surface area contributed by atoms with Crippen LogP contribution in [0.25, 0.3) is 0 Å². The van der Waals surface area contributed by atoms with Crippen molar-refractivity contribution in [3.63, 3.8) is 0 Å². The first-order valence-electron chi connectivity index (χ1n) is 6.26. The monoisotopic (exact) mass is 353 g/mol. The molecule has 1 rings (SSSR count). The molecule has 9 nitrogen and oxygen atoms in total. The van der Waals surface area contributed by atoms with Crippen molar-refractivity contribution in [3.8, 4) is 0 Å². The summed E-state index contributed by atoms with van der Waals surface area (Å²) in [6.45, 7) is 3.33. The molecule has 124 valence electrons. The maximum absolute atomic E-state index is 12.4. The summed E-state index contributed by atoms with van der Waals surface area (Å²) in [6.07, 6.45) is -0.429. The fourth-order valence-electron chi connectivity index (χ4n) is 1.76. The van der Waals surface area contributed by atoms with Crippen LogP contribution in [0.15, 0.2) is 23.1 Å². The highest BCUT2D eigenvalue weighted by molar-refractivity contribution is 7.86. The Morgan fingerprint density at radius 1 is 1.27 bits per heavy atom. The van der Waals surface area contributed by atoms with Gasteiger partial charge in [-0.25, -0.2) is 0 Å². The number of nitro groups is 1. The first-order chi connectivity index (χ1) is 10.1. The SMILES string of the molecule is CCOP(=O)(Cc1ccc([N+](=O)[O-])cc1S(=O)(=O)O)OCC. The summed E-state index contributed by atoms with van der Waals surface area (Å²) in [5.41, 5.74) is -0.600. The second-order valence-electron chi connectivity index (χ2n) is 4.13. The summed E-state index contributed by atoms with van der Waals surface area (Å²) in [4.78, 5) is 9.21. The average molecular weight is 353 g/mol. The molecular formula is C11H16NO8PS. The van der Waals surface area contributed by atoms with Gasteiger partial charge in [0.05, 0.1) is 24.3 Å². The highest BCUT2D eigenvalue weighted by Gasteiger charge is 2.29. The number of nitrogens with zero attached hydrogens (tertiary/aromatic N) is 1. The third kappa shape index (κ3) is 4.85. The van der Waals surface area contributed by atoms with Crippen LogP contribution in [0, 0.1) is 10.1 Å². The van der Waals surface area contributed by atoms with Crippen LogP contribution in [0.3, 0.4) is 0 Å². The summed E-state index contributed by atoms with van der Waals surface area (Å²) in [5, 5.41) is 10.7. The smallest absolute Gasteiger partial charge is 0.309 e. The number of nitro benzene ring substituents is 1. The molecular weight excluding hydrogens is 337 g/mol. The summed E-state index contributed by atoms with van der Waals surface area (Å²) in [7, 11) is -8.35. The van der Waals surface area contributed by atoms with Crippen molar-refractivity contribution in [1.29, 1.82) is 0 Å². The minimum atomic E-state index is -4.73. The topological polar surface area (TPSA) is 133 Å². The zero-order valence-electron chi connectivity index (χ0n) is 12.0. The van der Waals surface area contributed by atoms with Gasteiger partial charge in [-0.3, -0.25) is 19.2 Å². The zero-order valence-corrected chi connectivity index (χ0v) is 13.7. The fourth-order valence-corrected chi connectivity index (χ4v) is 4.34. The molecule has 0 saturated heterocycles. The van der Waals surface area contributed by atoms with Gasteiger partial charge in [0.2, 0.25) is 0 Å². The first kappa shape index (κ1) is 18.7. The Balaban J connectivity index is 3.35. The molecule has 22 heavy (non-hydrogen) atoms. The summed E-state index contributed by atoms with van der Waals surface area (Å²) in [6, 6.07) is 2.85. The maximum atomic E-state index is 12.4. The van der Waals surface area contributed by atoms with E-state index in [0.29, 0.717) is 6.07 Å². The summed E-state index contributed by atoms with van der Waals surface area (Å²) >= 11 is 0. The summed E-state index contributed by atoms with van der Waals surface area (Å²) in [5.74, 6) is 0. The lowest BCUT2D eigenvalue weighted by Crippen LogP contribution is -2.07. The molecule has 11 heteroatoms. The van der Waals surface area contributed by atoms with Crippen molar-refractivity contribution < 1.29 is 31.5 Å². The molecule has 0 aromatic heterocycles. The van der Waals surface area contributed by atoms with Crippen LogP contribution in [0.4, 0.5) is 5.69 Å². The van der Waals surface area contributed by atoms with E-state index in [2.05, 4.69) is 0 Å². The molecule has 1 N–H and O–H groups in total. The lowest BCUT2D eigenvalue weighted by molar-refractivity contribution is -0.385. The predicted molar refractivity (Wildman–Crippen MR) is 77.5 cm³/mol. The van der Waals surface area contributed by atoms with Crippen molar-refractivity contribution >= 4 is 23.4 Å². The van der Waals surface area contributed by atoms with Gasteiger partial charge in [0, 0.05) is 12.1 Å². The first-order valence-corrected chi connectivity index (χ1v) is 9.42. The minimum Gasteiger partial charge on any atom is -0.309 e. The molecule has 0 bridgehead atoms. The van der Waals surface area contributed by atoms with Gasteiger partial charge >= 0.3 is 7.60 Å². The Bertz CT molecular complexity index is 692. The second-order valence-corrected chi connectivity index (χ2v) is 7.57. The predicted octanol–water partition coefficient (Wildman–Crippen LogP) is 2.61. The van der Waals surface area contributed by atoms with Crippen LogP contribution >= 0.6 is 7.60 Å². The Kier molecular flexibility index (Phi) is 6.21. The molecule has 0 aliphatic rings. The number of benzene rings is 1. The van der Waals surface area contributed by atoms with Crippen molar-refractivity contribution in [2.24, 2.45) is 0 Å². The molecule has 0 radical (unpaired) electrons. The molecule has 0 heterocycles. The average Bonchev–Trinajstić information content (AvgIpc) is 2.37. The molecule has 0 aliphatic heterocycles. The van der Waals surface area contributed by atoms with E-state index in [-0.39, 0.29) is 18.8 Å². The van der Waals surface area contributed by atoms with Gasteiger partial charge in [0.15, 0.2) is 0 Å². The molecule has 0 unspecified atom stereocenters. The van der Waals surface area contributed by atoms with E-state index < -0.39 is 39.4 Å². The number of hydrogen-bond donors (Lipinski definition) is 1. The van der Waals surface area contributed by atoms with Crippen LogP contribution in [0.2, 0.25) is 0 Å². The van der Waals surface area contributed by atoms with Gasteiger partial charge in [-0.05, 0) is 19.4 Å². The zero-order chi connectivity index (χ0) is 17.0. The summed E-state index contributed by atoms with van der Waals surface area (Å²) < 4.78 is 54.5. The lowest BCUT2D eigenvalue weighted by atomic mass is 10.2. The molecule has 0 amide bonds. The van der Waals surface area contributed by atoms with E-state index in [9.17, 15) is 27.6 Å². The Hall–Kier alpha value is -1.32. The van der Waals surface area contributed by atoms with Crippen LogP contribution in [0.5, 0.6) is 0 Å². The van der Waals surface area contributed by atoms with Crippen LogP contribution in [-0.4, -0.2) is 31.1 Å². The van der Waals surface area contributed by atoms with Gasteiger partial charge in [0.25, 0.3) is 15.8 Å². The van der Waals surface area contributed by atoms with Gasteiger partial charge in [-0.15, -0.1) is 0 Å². The van der Waals surface area contributed by atoms with Gasteiger partial charge < -0.3 is 9.05 Å². The van der Waals surface area contributed by atoms with Crippen LogP contribution < -0.4 is 0 Å². The van der Waals surface area contributed by atoms with E-state index in [4.69, 9.17) is 9.05 Å². The Labute approximate surface area is 127 Å².